The maximum absolute atomic E-state index is 12.6. The molecule has 1 atom stereocenters. The van der Waals surface area contributed by atoms with Gasteiger partial charge in [0.05, 0.1) is 0 Å². The Bertz CT molecular complexity index is 1120. The second kappa shape index (κ2) is 8.28. The van der Waals surface area contributed by atoms with E-state index in [1.807, 2.05) is 33.8 Å². The number of fused-ring (bicyclic) bond motifs is 1. The zero-order chi connectivity index (χ0) is 23.2. The van der Waals surface area contributed by atoms with Gasteiger partial charge in [-0.2, -0.15) is 0 Å². The van der Waals surface area contributed by atoms with Crippen LogP contribution in [0.5, 0.6) is 11.5 Å². The molecular formula is C25H33N3O4. The number of hydrogen-bond acceptors (Lipinski definition) is 5. The van der Waals surface area contributed by atoms with Crippen LogP contribution in [0, 0.1) is 26.7 Å². The molecule has 3 heterocycles. The molecule has 0 spiro atoms. The number of aromatic amines is 1. The van der Waals surface area contributed by atoms with E-state index in [1.54, 1.807) is 6.07 Å². The number of H-pyrrole nitrogens is 1. The molecule has 0 radical (unpaired) electrons. The first kappa shape index (κ1) is 22.4. The van der Waals surface area contributed by atoms with Gasteiger partial charge in [-0.05, 0) is 77.4 Å². The van der Waals surface area contributed by atoms with Gasteiger partial charge in [0, 0.05) is 47.7 Å². The predicted octanol–water partition coefficient (Wildman–Crippen LogP) is 3.21. The van der Waals surface area contributed by atoms with Crippen LogP contribution in [0.15, 0.2) is 16.9 Å². The maximum atomic E-state index is 12.6. The number of nitrogens with one attached hydrogen (secondary N) is 1. The number of nitrogens with two attached hydrogens (primary N) is 1. The molecule has 1 amide bonds. The quantitative estimate of drug-likeness (QED) is 0.746. The molecule has 4 rings (SSSR count). The fourth-order valence-corrected chi connectivity index (χ4v) is 5.03. The molecular weight excluding hydrogens is 406 g/mol. The van der Waals surface area contributed by atoms with Crippen molar-refractivity contribution in [2.75, 3.05) is 20.1 Å². The Morgan fingerprint density at radius 1 is 1.19 bits per heavy atom. The largest absolute Gasteiger partial charge is 0.448 e. The van der Waals surface area contributed by atoms with Gasteiger partial charge in [-0.15, -0.1) is 0 Å². The van der Waals surface area contributed by atoms with Gasteiger partial charge < -0.3 is 25.1 Å². The van der Waals surface area contributed by atoms with E-state index in [1.165, 1.54) is 0 Å². The lowest BCUT2D eigenvalue weighted by Gasteiger charge is -2.33. The van der Waals surface area contributed by atoms with Gasteiger partial charge in [0.1, 0.15) is 0 Å². The Labute approximate surface area is 188 Å². The Morgan fingerprint density at radius 3 is 2.47 bits per heavy atom. The summed E-state index contributed by atoms with van der Waals surface area (Å²) < 4.78 is 12.8. The molecule has 2 aliphatic heterocycles. The fourth-order valence-electron chi connectivity index (χ4n) is 5.03. The highest BCUT2D eigenvalue weighted by Gasteiger charge is 2.42. The molecule has 0 aliphatic carbocycles. The Hall–Kier alpha value is -2.80. The molecule has 7 heteroatoms. The number of likely N-dealkylation sites (tertiary alicyclic amines) is 1. The van der Waals surface area contributed by atoms with Crippen molar-refractivity contribution in [1.82, 2.24) is 9.88 Å². The molecule has 2 aliphatic rings. The van der Waals surface area contributed by atoms with E-state index >= 15 is 0 Å². The van der Waals surface area contributed by atoms with E-state index in [0.717, 1.165) is 49.2 Å². The van der Waals surface area contributed by atoms with Crippen LogP contribution in [0.25, 0.3) is 0 Å². The number of primary amides is 1. The van der Waals surface area contributed by atoms with Crippen molar-refractivity contribution in [1.29, 1.82) is 0 Å². The van der Waals surface area contributed by atoms with Crippen LogP contribution >= 0.6 is 0 Å². The summed E-state index contributed by atoms with van der Waals surface area (Å²) in [6.45, 7) is 9.71. The summed E-state index contributed by atoms with van der Waals surface area (Å²) in [6.07, 6.45) is 3.30. The van der Waals surface area contributed by atoms with Crippen LogP contribution in [-0.4, -0.2) is 41.7 Å². The van der Waals surface area contributed by atoms with Gasteiger partial charge >= 0.3 is 0 Å². The number of hydrogen-bond donors (Lipinski definition) is 2. The molecule has 1 unspecified atom stereocenters. The highest BCUT2D eigenvalue weighted by atomic mass is 16.7. The number of aryl methyl sites for hydroxylation is 2. The number of benzene rings is 1. The molecule has 1 fully saturated rings. The maximum Gasteiger partial charge on any atom is 0.251 e. The standard InChI is InChI=1S/C25H33N3O4/c1-14-10-15(2)27-24(30)19(14)11-18-12-20(23(26)29)16(3)21-22(18)32-25(4,31-21)13-17-6-8-28(5)9-7-17/h10,12,17H,6-9,11,13H2,1-5H3,(H2,26,29)(H,27,30). The fraction of sp³-hybridized carbons (Fsp3) is 0.520. The molecule has 1 aromatic carbocycles. The summed E-state index contributed by atoms with van der Waals surface area (Å²) in [5.74, 6) is 0.351. The summed E-state index contributed by atoms with van der Waals surface area (Å²) in [5, 5.41) is 0. The number of nitrogens with zero attached hydrogens (tertiary/aromatic N) is 1. The zero-order valence-electron chi connectivity index (χ0n) is 19.6. The zero-order valence-corrected chi connectivity index (χ0v) is 19.6. The molecule has 7 nitrogen and oxygen atoms in total. The van der Waals surface area contributed by atoms with Crippen molar-refractivity contribution < 1.29 is 14.3 Å². The highest BCUT2D eigenvalue weighted by Crippen LogP contribution is 2.48. The second-order valence-electron chi connectivity index (χ2n) is 9.64. The van der Waals surface area contributed by atoms with Gasteiger partial charge in [0.2, 0.25) is 11.7 Å². The number of carbonyl (C=O) groups excluding carboxylic acids is 1. The molecule has 3 N–H and O–H groups in total. The minimum atomic E-state index is -0.812. The third kappa shape index (κ3) is 4.26. The van der Waals surface area contributed by atoms with Crippen molar-refractivity contribution in [3.63, 3.8) is 0 Å². The van der Waals surface area contributed by atoms with Gasteiger partial charge in [-0.25, -0.2) is 0 Å². The number of piperidine rings is 1. The third-order valence-corrected chi connectivity index (χ3v) is 6.82. The van der Waals surface area contributed by atoms with Crippen molar-refractivity contribution in [3.8, 4) is 11.5 Å². The number of pyridine rings is 1. The first-order valence-electron chi connectivity index (χ1n) is 11.3. The van der Waals surface area contributed by atoms with E-state index < -0.39 is 11.7 Å². The summed E-state index contributed by atoms with van der Waals surface area (Å²) in [7, 11) is 2.14. The minimum Gasteiger partial charge on any atom is -0.448 e. The SMILES string of the molecule is Cc1cc(C)c(Cc2cc(C(N)=O)c(C)c3c2OC(C)(CC2CCN(C)CC2)O3)c(=O)[nH]1. The van der Waals surface area contributed by atoms with E-state index in [0.29, 0.717) is 40.5 Å². The van der Waals surface area contributed by atoms with Crippen molar-refractivity contribution in [2.45, 2.75) is 59.2 Å². The lowest BCUT2D eigenvalue weighted by molar-refractivity contribution is -0.0844. The molecule has 1 aromatic heterocycles. The van der Waals surface area contributed by atoms with Crippen LogP contribution < -0.4 is 20.8 Å². The van der Waals surface area contributed by atoms with Gasteiger partial charge in [0.15, 0.2) is 11.5 Å². The molecule has 172 valence electrons. The number of aromatic nitrogens is 1. The van der Waals surface area contributed by atoms with Crippen LogP contribution in [0.4, 0.5) is 0 Å². The summed E-state index contributed by atoms with van der Waals surface area (Å²) in [5.41, 5.74) is 9.71. The van der Waals surface area contributed by atoms with E-state index in [2.05, 4.69) is 16.9 Å². The predicted molar refractivity (Wildman–Crippen MR) is 124 cm³/mol. The van der Waals surface area contributed by atoms with E-state index in [4.69, 9.17) is 15.2 Å². The van der Waals surface area contributed by atoms with Crippen LogP contribution in [0.2, 0.25) is 0 Å². The molecule has 0 bridgehead atoms. The van der Waals surface area contributed by atoms with Crippen molar-refractivity contribution >= 4 is 5.91 Å². The lowest BCUT2D eigenvalue weighted by atomic mass is 9.90. The normalized spacial score (nSPS) is 21.2. The highest BCUT2D eigenvalue weighted by molar-refractivity contribution is 5.96. The van der Waals surface area contributed by atoms with E-state index in [-0.39, 0.29) is 5.56 Å². The smallest absolute Gasteiger partial charge is 0.251 e. The van der Waals surface area contributed by atoms with Crippen LogP contribution in [0.3, 0.4) is 0 Å². The van der Waals surface area contributed by atoms with Crippen molar-refractivity contribution in [3.05, 3.63) is 56.0 Å². The Balaban J connectivity index is 1.70. The Morgan fingerprint density at radius 2 is 1.84 bits per heavy atom. The van der Waals surface area contributed by atoms with Gasteiger partial charge in [0.25, 0.3) is 5.56 Å². The van der Waals surface area contributed by atoms with Gasteiger partial charge in [-0.3, -0.25) is 9.59 Å². The molecule has 1 saturated heterocycles. The van der Waals surface area contributed by atoms with Crippen LogP contribution in [0.1, 0.15) is 64.5 Å². The third-order valence-electron chi connectivity index (χ3n) is 6.82. The van der Waals surface area contributed by atoms with E-state index in [9.17, 15) is 9.59 Å². The number of rotatable bonds is 5. The summed E-state index contributed by atoms with van der Waals surface area (Å²) in [6, 6.07) is 3.70. The average Bonchev–Trinajstić information content (AvgIpc) is 3.05. The first-order valence-corrected chi connectivity index (χ1v) is 11.3. The number of carbonyl (C=O) groups is 1. The number of ether oxygens (including phenoxy) is 2. The number of amides is 1. The molecule has 0 saturated carbocycles. The van der Waals surface area contributed by atoms with Gasteiger partial charge in [-0.1, -0.05) is 0 Å². The second-order valence-corrected chi connectivity index (χ2v) is 9.64. The summed E-state index contributed by atoms with van der Waals surface area (Å²) in [4.78, 5) is 30.0. The molecule has 32 heavy (non-hydrogen) atoms. The van der Waals surface area contributed by atoms with Crippen molar-refractivity contribution in [2.24, 2.45) is 11.7 Å². The average molecular weight is 440 g/mol. The monoisotopic (exact) mass is 439 g/mol. The first-order chi connectivity index (χ1) is 15.1. The topological polar surface area (TPSA) is 97.7 Å². The molecule has 2 aromatic rings. The summed E-state index contributed by atoms with van der Waals surface area (Å²) >= 11 is 0. The Kier molecular flexibility index (Phi) is 5.79. The lowest BCUT2D eigenvalue weighted by Crippen LogP contribution is -2.40. The minimum absolute atomic E-state index is 0.134. The van der Waals surface area contributed by atoms with Crippen LogP contribution in [-0.2, 0) is 6.42 Å².